The third-order valence-electron chi connectivity index (χ3n) is 2.08. The molecule has 0 bridgehead atoms. The highest BCUT2D eigenvalue weighted by molar-refractivity contribution is 5.58. The molecule has 2 nitrogen and oxygen atoms in total. The molecule has 2 rings (SSSR count). The van der Waals surface area contributed by atoms with Gasteiger partial charge in [-0.1, -0.05) is 36.9 Å². The maximum Gasteiger partial charge on any atom is 0.144 e. The number of hydrogen-bond acceptors (Lipinski definition) is 1. The van der Waals surface area contributed by atoms with E-state index in [1.807, 2.05) is 48.0 Å². The normalized spacial score (nSPS) is 10.1. The number of imidazole rings is 1. The van der Waals surface area contributed by atoms with Crippen LogP contribution in [0.4, 0.5) is 0 Å². The summed E-state index contributed by atoms with van der Waals surface area (Å²) in [5.41, 5.74) is 2.12. The molecule has 0 aliphatic rings. The van der Waals surface area contributed by atoms with Crippen molar-refractivity contribution in [1.82, 2.24) is 9.55 Å². The van der Waals surface area contributed by atoms with Gasteiger partial charge >= 0.3 is 0 Å². The van der Waals surface area contributed by atoms with E-state index < -0.39 is 0 Å². The predicted octanol–water partition coefficient (Wildman–Crippen LogP) is 2.96. The van der Waals surface area contributed by atoms with E-state index in [0.717, 1.165) is 17.1 Å². The molecular weight excluding hydrogens is 172 g/mol. The largest absolute Gasteiger partial charge is 0.307 e. The highest BCUT2D eigenvalue weighted by Crippen LogP contribution is 2.18. The summed E-state index contributed by atoms with van der Waals surface area (Å²) in [6.45, 7) is 5.73. The molecule has 70 valence electrons. The van der Waals surface area contributed by atoms with Gasteiger partial charge in [-0.3, -0.25) is 0 Å². The minimum atomic E-state index is 0.943. The molecule has 0 aliphatic heterocycles. The maximum absolute atomic E-state index is 4.44. The highest BCUT2D eigenvalue weighted by atomic mass is 15.1. The van der Waals surface area contributed by atoms with Crippen LogP contribution in [0, 0.1) is 6.92 Å². The number of rotatable bonds is 2. The molecule has 0 atom stereocenters. The Kier molecular flexibility index (Phi) is 2.19. The van der Waals surface area contributed by atoms with Gasteiger partial charge in [-0.25, -0.2) is 4.98 Å². The average molecular weight is 184 g/mol. The van der Waals surface area contributed by atoms with E-state index in [9.17, 15) is 0 Å². The SMILES string of the molecule is C=Cn1cc(C)nc1-c1ccccc1. The van der Waals surface area contributed by atoms with E-state index in [-0.39, 0.29) is 0 Å². The van der Waals surface area contributed by atoms with E-state index >= 15 is 0 Å². The minimum Gasteiger partial charge on any atom is -0.307 e. The van der Waals surface area contributed by atoms with Gasteiger partial charge in [0.1, 0.15) is 5.82 Å². The molecule has 2 heteroatoms. The van der Waals surface area contributed by atoms with Crippen molar-refractivity contribution in [2.75, 3.05) is 0 Å². The molecule has 0 amide bonds. The summed E-state index contributed by atoms with van der Waals surface area (Å²) in [6, 6.07) is 10.1. The van der Waals surface area contributed by atoms with Crippen LogP contribution in [0.5, 0.6) is 0 Å². The Morgan fingerprint density at radius 1 is 1.29 bits per heavy atom. The Morgan fingerprint density at radius 2 is 2.00 bits per heavy atom. The highest BCUT2D eigenvalue weighted by Gasteiger charge is 2.04. The van der Waals surface area contributed by atoms with Gasteiger partial charge in [-0.15, -0.1) is 0 Å². The number of hydrogen-bond donors (Lipinski definition) is 0. The molecule has 1 heterocycles. The summed E-state index contributed by atoms with van der Waals surface area (Å²) in [6.07, 6.45) is 3.73. The predicted molar refractivity (Wildman–Crippen MR) is 58.8 cm³/mol. The molecule has 0 unspecified atom stereocenters. The number of nitrogens with zero attached hydrogens (tertiary/aromatic N) is 2. The fraction of sp³-hybridized carbons (Fsp3) is 0.0833. The fourth-order valence-corrected chi connectivity index (χ4v) is 1.46. The van der Waals surface area contributed by atoms with Crippen LogP contribution in [-0.4, -0.2) is 9.55 Å². The lowest BCUT2D eigenvalue weighted by Crippen LogP contribution is -1.88. The molecule has 0 aliphatic carbocycles. The number of aryl methyl sites for hydroxylation is 1. The summed E-state index contributed by atoms with van der Waals surface area (Å²) in [7, 11) is 0. The summed E-state index contributed by atoms with van der Waals surface area (Å²) in [5.74, 6) is 0.943. The van der Waals surface area contributed by atoms with E-state index in [4.69, 9.17) is 0 Å². The molecule has 0 spiro atoms. The number of aromatic nitrogens is 2. The van der Waals surface area contributed by atoms with E-state index in [0.29, 0.717) is 0 Å². The van der Waals surface area contributed by atoms with Crippen LogP contribution >= 0.6 is 0 Å². The molecule has 1 aromatic carbocycles. The Hall–Kier alpha value is -1.83. The lowest BCUT2D eigenvalue weighted by atomic mass is 10.2. The van der Waals surface area contributed by atoms with Crippen LogP contribution in [0.2, 0.25) is 0 Å². The second-order valence-electron chi connectivity index (χ2n) is 3.16. The molecule has 1 aromatic heterocycles. The minimum absolute atomic E-state index is 0.943. The molecule has 0 radical (unpaired) electrons. The first-order valence-electron chi connectivity index (χ1n) is 4.54. The van der Waals surface area contributed by atoms with Crippen LogP contribution in [0.15, 0.2) is 43.1 Å². The van der Waals surface area contributed by atoms with Crippen molar-refractivity contribution in [1.29, 1.82) is 0 Å². The van der Waals surface area contributed by atoms with Gasteiger partial charge in [0.25, 0.3) is 0 Å². The Bertz CT molecular complexity index is 441. The molecule has 14 heavy (non-hydrogen) atoms. The van der Waals surface area contributed by atoms with Crippen LogP contribution in [0.1, 0.15) is 5.69 Å². The van der Waals surface area contributed by atoms with Gasteiger partial charge in [0, 0.05) is 18.0 Å². The van der Waals surface area contributed by atoms with Crippen molar-refractivity contribution in [3.05, 3.63) is 48.8 Å². The van der Waals surface area contributed by atoms with Crippen molar-refractivity contribution >= 4 is 6.20 Å². The van der Waals surface area contributed by atoms with Crippen molar-refractivity contribution in [3.63, 3.8) is 0 Å². The molecule has 0 saturated heterocycles. The Labute approximate surface area is 83.5 Å². The van der Waals surface area contributed by atoms with Crippen molar-refractivity contribution in [2.45, 2.75) is 6.92 Å². The molecule has 2 aromatic rings. The lowest BCUT2D eigenvalue weighted by Gasteiger charge is -2.00. The van der Waals surface area contributed by atoms with Gasteiger partial charge in [-0.05, 0) is 6.92 Å². The van der Waals surface area contributed by atoms with Crippen LogP contribution in [0.3, 0.4) is 0 Å². The molecule has 0 fully saturated rings. The third-order valence-corrected chi connectivity index (χ3v) is 2.08. The first-order valence-corrected chi connectivity index (χ1v) is 4.54. The van der Waals surface area contributed by atoms with Gasteiger partial charge in [0.2, 0.25) is 0 Å². The van der Waals surface area contributed by atoms with Gasteiger partial charge < -0.3 is 4.57 Å². The summed E-state index contributed by atoms with van der Waals surface area (Å²) >= 11 is 0. The number of benzene rings is 1. The summed E-state index contributed by atoms with van der Waals surface area (Å²) < 4.78 is 1.94. The monoisotopic (exact) mass is 184 g/mol. The Morgan fingerprint density at radius 3 is 2.64 bits per heavy atom. The molecule has 0 saturated carbocycles. The smallest absolute Gasteiger partial charge is 0.144 e. The quantitative estimate of drug-likeness (QED) is 0.701. The fourth-order valence-electron chi connectivity index (χ4n) is 1.46. The Balaban J connectivity index is 2.56. The maximum atomic E-state index is 4.44. The molecule has 0 N–H and O–H groups in total. The van der Waals surface area contributed by atoms with Crippen molar-refractivity contribution in [2.24, 2.45) is 0 Å². The zero-order chi connectivity index (χ0) is 9.97. The van der Waals surface area contributed by atoms with Crippen molar-refractivity contribution < 1.29 is 0 Å². The first kappa shape index (κ1) is 8.75. The second kappa shape index (κ2) is 3.50. The van der Waals surface area contributed by atoms with E-state index in [1.165, 1.54) is 0 Å². The second-order valence-corrected chi connectivity index (χ2v) is 3.16. The van der Waals surface area contributed by atoms with Crippen LogP contribution in [-0.2, 0) is 0 Å². The molecular formula is C12H12N2. The van der Waals surface area contributed by atoms with Crippen LogP contribution < -0.4 is 0 Å². The summed E-state index contributed by atoms with van der Waals surface area (Å²) in [5, 5.41) is 0. The summed E-state index contributed by atoms with van der Waals surface area (Å²) in [4.78, 5) is 4.44. The van der Waals surface area contributed by atoms with Gasteiger partial charge in [0.15, 0.2) is 0 Å². The standard InChI is InChI=1S/C12H12N2/c1-3-14-9-10(2)13-12(14)11-7-5-4-6-8-11/h3-9H,1H2,2H3. The van der Waals surface area contributed by atoms with Crippen LogP contribution in [0.25, 0.3) is 17.6 Å². The van der Waals surface area contributed by atoms with Gasteiger partial charge in [-0.2, -0.15) is 0 Å². The van der Waals surface area contributed by atoms with Gasteiger partial charge in [0.05, 0.1) is 5.69 Å². The van der Waals surface area contributed by atoms with Crippen molar-refractivity contribution in [3.8, 4) is 11.4 Å². The van der Waals surface area contributed by atoms with E-state index in [2.05, 4.69) is 11.6 Å². The first-order chi connectivity index (χ1) is 6.81. The third kappa shape index (κ3) is 1.46. The zero-order valence-corrected chi connectivity index (χ0v) is 8.14. The average Bonchev–Trinajstić information content (AvgIpc) is 2.61. The topological polar surface area (TPSA) is 17.8 Å². The van der Waals surface area contributed by atoms with E-state index in [1.54, 1.807) is 6.20 Å². The zero-order valence-electron chi connectivity index (χ0n) is 8.14. The lowest BCUT2D eigenvalue weighted by molar-refractivity contribution is 1.15.